The number of hydrogen-bond acceptors (Lipinski definition) is 3. The number of halogens is 2. The predicted molar refractivity (Wildman–Crippen MR) is 100 cm³/mol. The predicted octanol–water partition coefficient (Wildman–Crippen LogP) is 2.55. The second-order valence-corrected chi connectivity index (χ2v) is 6.08. The lowest BCUT2D eigenvalue weighted by Crippen LogP contribution is -2.47. The van der Waals surface area contributed by atoms with E-state index in [1.54, 1.807) is 0 Å². The Morgan fingerprint density at radius 2 is 1.74 bits per heavy atom. The Balaban J connectivity index is 0.00000242. The van der Waals surface area contributed by atoms with Crippen molar-refractivity contribution in [1.29, 1.82) is 0 Å². The molecule has 0 aliphatic carbocycles. The summed E-state index contributed by atoms with van der Waals surface area (Å²) in [4.78, 5) is 14.8. The van der Waals surface area contributed by atoms with Gasteiger partial charge in [0.1, 0.15) is 0 Å². The molecule has 2 atom stereocenters. The van der Waals surface area contributed by atoms with Gasteiger partial charge in [0.25, 0.3) is 0 Å². The number of amides is 1. The number of rotatable bonds is 5. The second-order valence-electron chi connectivity index (χ2n) is 6.08. The van der Waals surface area contributed by atoms with Gasteiger partial charge in [0.2, 0.25) is 5.91 Å². The molecule has 2 rings (SSSR count). The van der Waals surface area contributed by atoms with Gasteiger partial charge in [0.15, 0.2) is 0 Å². The molecule has 4 nitrogen and oxygen atoms in total. The van der Waals surface area contributed by atoms with Gasteiger partial charge in [-0.2, -0.15) is 0 Å². The molecule has 4 N–H and O–H groups in total. The maximum absolute atomic E-state index is 12.9. The maximum Gasteiger partial charge on any atom is 0.230 e. The summed E-state index contributed by atoms with van der Waals surface area (Å²) < 4.78 is 0. The summed E-state index contributed by atoms with van der Waals surface area (Å²) in [5, 5.41) is 0. The van der Waals surface area contributed by atoms with Crippen molar-refractivity contribution < 1.29 is 4.79 Å². The molecule has 0 saturated carbocycles. The van der Waals surface area contributed by atoms with E-state index in [1.165, 1.54) is 5.56 Å². The van der Waals surface area contributed by atoms with Gasteiger partial charge in [-0.25, -0.2) is 0 Å². The Morgan fingerprint density at radius 1 is 1.17 bits per heavy atom. The summed E-state index contributed by atoms with van der Waals surface area (Å²) in [6, 6.07) is 10.2. The van der Waals surface area contributed by atoms with E-state index in [0.29, 0.717) is 19.6 Å². The van der Waals surface area contributed by atoms with E-state index in [2.05, 4.69) is 12.1 Å². The van der Waals surface area contributed by atoms with Gasteiger partial charge in [-0.3, -0.25) is 4.79 Å². The molecule has 0 spiro atoms. The van der Waals surface area contributed by atoms with Crippen LogP contribution in [0.15, 0.2) is 30.3 Å². The first kappa shape index (κ1) is 22.2. The van der Waals surface area contributed by atoms with Crippen LogP contribution in [0.25, 0.3) is 0 Å². The maximum atomic E-state index is 12.9. The van der Waals surface area contributed by atoms with Crippen molar-refractivity contribution in [2.75, 3.05) is 19.6 Å². The van der Waals surface area contributed by atoms with Crippen molar-refractivity contribution >= 4 is 30.7 Å². The van der Waals surface area contributed by atoms with Gasteiger partial charge in [-0.15, -0.1) is 24.8 Å². The molecule has 23 heavy (non-hydrogen) atoms. The van der Waals surface area contributed by atoms with Crippen molar-refractivity contribution in [3.63, 3.8) is 0 Å². The van der Waals surface area contributed by atoms with Crippen molar-refractivity contribution in [1.82, 2.24) is 4.90 Å². The van der Waals surface area contributed by atoms with Crippen molar-refractivity contribution in [2.45, 2.75) is 38.6 Å². The van der Waals surface area contributed by atoms with Crippen molar-refractivity contribution in [2.24, 2.45) is 16.9 Å². The van der Waals surface area contributed by atoms with E-state index < -0.39 is 5.41 Å². The molecule has 1 aromatic rings. The number of carbonyl (C=O) groups excluding carboxylic acids is 1. The Bertz CT molecular complexity index is 472. The third-order valence-electron chi connectivity index (χ3n) is 5.08. The third kappa shape index (κ3) is 4.38. The second kappa shape index (κ2) is 9.48. The lowest BCUT2D eigenvalue weighted by molar-refractivity contribution is -0.141. The Morgan fingerprint density at radius 3 is 2.22 bits per heavy atom. The summed E-state index contributed by atoms with van der Waals surface area (Å²) in [6.07, 6.45) is 1.56. The molecule has 0 bridgehead atoms. The summed E-state index contributed by atoms with van der Waals surface area (Å²) in [5.41, 5.74) is 13.0. The van der Waals surface area contributed by atoms with Crippen LogP contribution in [0.1, 0.15) is 38.2 Å². The molecule has 1 heterocycles. The van der Waals surface area contributed by atoms with Crippen molar-refractivity contribution in [3.05, 3.63) is 35.9 Å². The molecule has 1 saturated heterocycles. The minimum absolute atomic E-state index is 0. The zero-order valence-corrected chi connectivity index (χ0v) is 15.5. The molecular formula is C17H29Cl2N3O. The molecular weight excluding hydrogens is 333 g/mol. The summed E-state index contributed by atoms with van der Waals surface area (Å²) in [7, 11) is 0. The zero-order chi connectivity index (χ0) is 15.5. The van der Waals surface area contributed by atoms with Gasteiger partial charge < -0.3 is 16.4 Å². The fourth-order valence-corrected chi connectivity index (χ4v) is 3.31. The summed E-state index contributed by atoms with van der Waals surface area (Å²) in [6.45, 7) is 5.81. The molecule has 0 radical (unpaired) electrons. The van der Waals surface area contributed by atoms with E-state index in [4.69, 9.17) is 11.5 Å². The van der Waals surface area contributed by atoms with Crippen LogP contribution in [0.3, 0.4) is 0 Å². The molecule has 0 unspecified atom stereocenters. The first-order chi connectivity index (χ1) is 10.1. The zero-order valence-electron chi connectivity index (χ0n) is 13.9. The van der Waals surface area contributed by atoms with Crippen LogP contribution in [0, 0.1) is 5.41 Å². The molecule has 1 aliphatic heterocycles. The van der Waals surface area contributed by atoms with Gasteiger partial charge in [0, 0.05) is 31.6 Å². The minimum Gasteiger partial charge on any atom is -0.340 e. The van der Waals surface area contributed by atoms with E-state index in [9.17, 15) is 4.79 Å². The molecule has 6 heteroatoms. The lowest BCUT2D eigenvalue weighted by Gasteiger charge is -2.33. The average Bonchev–Trinajstić information content (AvgIpc) is 2.92. The molecule has 132 valence electrons. The van der Waals surface area contributed by atoms with Crippen LogP contribution in [-0.4, -0.2) is 36.5 Å². The number of nitrogens with zero attached hydrogens (tertiary/aromatic N) is 1. The lowest BCUT2D eigenvalue weighted by atomic mass is 9.81. The quantitative estimate of drug-likeness (QED) is 0.846. The number of hydrogen-bond donors (Lipinski definition) is 2. The smallest absolute Gasteiger partial charge is 0.230 e. The van der Waals surface area contributed by atoms with Crippen LogP contribution < -0.4 is 11.5 Å². The number of benzene rings is 1. The molecule has 1 aromatic carbocycles. The van der Waals surface area contributed by atoms with Gasteiger partial charge in [-0.1, -0.05) is 44.2 Å². The van der Waals surface area contributed by atoms with E-state index in [-0.39, 0.29) is 42.7 Å². The first-order valence-electron chi connectivity index (χ1n) is 7.88. The van der Waals surface area contributed by atoms with Crippen LogP contribution in [0.4, 0.5) is 0 Å². The fraction of sp³-hybridized carbons (Fsp3) is 0.588. The Hall–Kier alpha value is -0.810. The van der Waals surface area contributed by atoms with E-state index in [0.717, 1.165) is 12.8 Å². The molecule has 1 amide bonds. The SMILES string of the molecule is CCC(CC)(CN)C(=O)N1C[C@@H](N)[C@H](c2ccccc2)C1.Cl.Cl. The van der Waals surface area contributed by atoms with E-state index in [1.807, 2.05) is 36.9 Å². The highest BCUT2D eigenvalue weighted by atomic mass is 35.5. The fourth-order valence-electron chi connectivity index (χ4n) is 3.31. The monoisotopic (exact) mass is 361 g/mol. The van der Waals surface area contributed by atoms with Crippen molar-refractivity contribution in [3.8, 4) is 0 Å². The minimum atomic E-state index is -0.425. The normalized spacial score (nSPS) is 20.6. The van der Waals surface area contributed by atoms with Gasteiger partial charge >= 0.3 is 0 Å². The summed E-state index contributed by atoms with van der Waals surface area (Å²) in [5.74, 6) is 0.392. The number of nitrogens with two attached hydrogens (primary N) is 2. The topological polar surface area (TPSA) is 72.4 Å². The molecule has 1 aliphatic rings. The third-order valence-corrected chi connectivity index (χ3v) is 5.08. The van der Waals surface area contributed by atoms with Gasteiger partial charge in [-0.05, 0) is 18.4 Å². The summed E-state index contributed by atoms with van der Waals surface area (Å²) >= 11 is 0. The Kier molecular flexibility index (Phi) is 9.14. The van der Waals surface area contributed by atoms with Crippen LogP contribution in [-0.2, 0) is 4.79 Å². The number of carbonyl (C=O) groups is 1. The first-order valence-corrected chi connectivity index (χ1v) is 7.88. The highest BCUT2D eigenvalue weighted by Crippen LogP contribution is 2.33. The Labute approximate surface area is 151 Å². The van der Waals surface area contributed by atoms with E-state index >= 15 is 0 Å². The molecule has 0 aromatic heterocycles. The number of likely N-dealkylation sites (tertiary alicyclic amines) is 1. The largest absolute Gasteiger partial charge is 0.340 e. The highest BCUT2D eigenvalue weighted by Gasteiger charge is 2.42. The van der Waals surface area contributed by atoms with Crippen LogP contribution in [0.2, 0.25) is 0 Å². The van der Waals surface area contributed by atoms with Gasteiger partial charge in [0.05, 0.1) is 5.41 Å². The van der Waals surface area contributed by atoms with Crippen LogP contribution in [0.5, 0.6) is 0 Å². The van der Waals surface area contributed by atoms with Crippen LogP contribution >= 0.6 is 24.8 Å². The standard InChI is InChI=1S/C17H27N3O.2ClH/c1-3-17(4-2,12-18)16(21)20-10-14(15(19)11-20)13-8-6-5-7-9-13;;/h5-9,14-15H,3-4,10-12,18-19H2,1-2H3;2*1H/t14-,15+;;/m0../s1. The average molecular weight is 362 g/mol. The molecule has 1 fully saturated rings. The highest BCUT2D eigenvalue weighted by molar-refractivity contribution is 5.85.